The van der Waals surface area contributed by atoms with Gasteiger partial charge in [0, 0.05) is 4.47 Å². The zero-order valence-electron chi connectivity index (χ0n) is 11.3. The van der Waals surface area contributed by atoms with Crippen LogP contribution in [0.15, 0.2) is 28.9 Å². The average molecular weight is 346 g/mol. The summed E-state index contributed by atoms with van der Waals surface area (Å²) in [5.74, 6) is 0.700. The quantitative estimate of drug-likeness (QED) is 0.792. The maximum atomic E-state index is 7.00. The Morgan fingerprint density at radius 3 is 3.05 bits per heavy atom. The normalized spacial score (nSPS) is 16.1. The Morgan fingerprint density at radius 2 is 2.29 bits per heavy atom. The van der Waals surface area contributed by atoms with E-state index in [4.69, 9.17) is 16.0 Å². The fourth-order valence-corrected chi connectivity index (χ4v) is 3.04. The van der Waals surface area contributed by atoms with E-state index in [0.29, 0.717) is 5.88 Å². The van der Waals surface area contributed by atoms with Crippen LogP contribution < -0.4 is 9.47 Å². The fourth-order valence-electron chi connectivity index (χ4n) is 2.46. The van der Waals surface area contributed by atoms with Crippen molar-refractivity contribution in [3.05, 3.63) is 51.4 Å². The molecular weight excluding hydrogens is 334 g/mol. The molecular formula is C15H12BrN3O2. The smallest absolute Gasteiger partial charge is 0.331 e. The maximum absolute atomic E-state index is 7.00. The third kappa shape index (κ3) is 2.57. The molecule has 0 N–H and O–H groups in total. The van der Waals surface area contributed by atoms with E-state index >= 15 is 0 Å². The average Bonchev–Trinajstić information content (AvgIpc) is 2.92. The van der Waals surface area contributed by atoms with Crippen molar-refractivity contribution in [1.82, 2.24) is 9.97 Å². The summed E-state index contributed by atoms with van der Waals surface area (Å²) in [6, 6.07) is 6.10. The zero-order chi connectivity index (χ0) is 14.8. The van der Waals surface area contributed by atoms with Gasteiger partial charge in [-0.15, -0.1) is 4.98 Å². The molecule has 1 aliphatic carbocycles. The summed E-state index contributed by atoms with van der Waals surface area (Å²) in [7, 11) is 1.46. The van der Waals surface area contributed by atoms with Crippen LogP contribution in [0.4, 0.5) is 5.82 Å². The Hall–Kier alpha value is -2.13. The summed E-state index contributed by atoms with van der Waals surface area (Å²) in [6.45, 7) is 7.00. The molecule has 21 heavy (non-hydrogen) atoms. The van der Waals surface area contributed by atoms with Gasteiger partial charge in [-0.25, -0.2) is 0 Å². The first-order chi connectivity index (χ1) is 10.2. The maximum Gasteiger partial charge on any atom is 0.331 e. The Morgan fingerprint density at radius 1 is 1.43 bits per heavy atom. The molecule has 0 fully saturated rings. The van der Waals surface area contributed by atoms with Crippen LogP contribution >= 0.6 is 15.9 Å². The summed E-state index contributed by atoms with van der Waals surface area (Å²) >= 11 is 3.57. The first-order valence-corrected chi connectivity index (χ1v) is 7.24. The summed E-state index contributed by atoms with van der Waals surface area (Å²) in [4.78, 5) is 11.4. The van der Waals surface area contributed by atoms with Crippen LogP contribution in [-0.2, 0) is 6.42 Å². The highest BCUT2D eigenvalue weighted by Crippen LogP contribution is 2.38. The second-order valence-electron chi connectivity index (χ2n) is 4.61. The molecule has 1 heterocycles. The molecule has 0 saturated carbocycles. The second-order valence-corrected chi connectivity index (χ2v) is 5.46. The third-order valence-electron chi connectivity index (χ3n) is 3.42. The molecule has 0 unspecified atom stereocenters. The topological polar surface area (TPSA) is 48.6 Å². The molecule has 3 rings (SSSR count). The van der Waals surface area contributed by atoms with Crippen LogP contribution in [0.5, 0.6) is 11.8 Å². The molecule has 106 valence electrons. The monoisotopic (exact) mass is 345 g/mol. The number of hydrogen-bond acceptors (Lipinski definition) is 4. The zero-order valence-corrected chi connectivity index (χ0v) is 12.9. The molecule has 0 aliphatic heterocycles. The lowest BCUT2D eigenvalue weighted by Crippen LogP contribution is -2.05. The Bertz CT molecular complexity index is 727. The van der Waals surface area contributed by atoms with Crippen molar-refractivity contribution in [2.24, 2.45) is 0 Å². The predicted molar refractivity (Wildman–Crippen MR) is 80.7 cm³/mol. The van der Waals surface area contributed by atoms with Gasteiger partial charge in [0.25, 0.3) is 5.88 Å². The lowest BCUT2D eigenvalue weighted by atomic mass is 10.1. The Balaban J connectivity index is 1.87. The van der Waals surface area contributed by atoms with E-state index in [2.05, 4.69) is 36.8 Å². The lowest BCUT2D eigenvalue weighted by Gasteiger charge is -2.14. The van der Waals surface area contributed by atoms with E-state index < -0.39 is 0 Å². The molecule has 0 spiro atoms. The molecule has 0 radical (unpaired) electrons. The molecule has 1 aliphatic rings. The van der Waals surface area contributed by atoms with Crippen LogP contribution in [0.2, 0.25) is 0 Å². The van der Waals surface area contributed by atoms with Gasteiger partial charge in [-0.3, -0.25) is 0 Å². The van der Waals surface area contributed by atoms with Gasteiger partial charge in [-0.2, -0.15) is 4.98 Å². The molecule has 1 atom stereocenters. The second kappa shape index (κ2) is 5.70. The molecule has 2 aromatic rings. The number of halogens is 1. The Kier molecular flexibility index (Phi) is 3.76. The van der Waals surface area contributed by atoms with Crippen molar-refractivity contribution in [3.8, 4) is 11.8 Å². The van der Waals surface area contributed by atoms with E-state index in [1.807, 2.05) is 12.1 Å². The van der Waals surface area contributed by atoms with E-state index in [0.717, 1.165) is 17.3 Å². The van der Waals surface area contributed by atoms with Crippen LogP contribution in [-0.4, -0.2) is 17.1 Å². The fraction of sp³-hybridized carbons (Fsp3) is 0.267. The van der Waals surface area contributed by atoms with Crippen LogP contribution in [0.25, 0.3) is 4.85 Å². The number of hydrogen-bond donors (Lipinski definition) is 0. The summed E-state index contributed by atoms with van der Waals surface area (Å²) in [5, 5.41) is 0. The number of benzene rings is 1. The molecule has 6 heteroatoms. The predicted octanol–water partition coefficient (Wildman–Crippen LogP) is 3.86. The molecule has 1 aromatic carbocycles. The first-order valence-electron chi connectivity index (χ1n) is 6.45. The third-order valence-corrected chi connectivity index (χ3v) is 4.16. The summed E-state index contributed by atoms with van der Waals surface area (Å²) in [6.07, 6.45) is 3.28. The van der Waals surface area contributed by atoms with Gasteiger partial charge in [0.15, 0.2) is 6.20 Å². The molecule has 0 amide bonds. The van der Waals surface area contributed by atoms with Gasteiger partial charge in [-0.1, -0.05) is 34.6 Å². The molecule has 0 bridgehead atoms. The minimum Gasteiger partial charge on any atom is -0.488 e. The number of fused-ring (bicyclic) bond motifs is 1. The summed E-state index contributed by atoms with van der Waals surface area (Å²) in [5.41, 5.74) is 2.44. The van der Waals surface area contributed by atoms with Crippen molar-refractivity contribution in [2.45, 2.75) is 18.9 Å². The molecule has 5 nitrogen and oxygen atoms in total. The molecule has 1 aromatic heterocycles. The number of aromatic nitrogens is 2. The number of ether oxygens (including phenoxy) is 2. The number of rotatable bonds is 3. The number of methoxy groups -OCH3 is 1. The van der Waals surface area contributed by atoms with Gasteiger partial charge in [0.2, 0.25) is 5.88 Å². The van der Waals surface area contributed by atoms with Gasteiger partial charge in [0.1, 0.15) is 6.10 Å². The van der Waals surface area contributed by atoms with Gasteiger partial charge < -0.3 is 14.3 Å². The highest BCUT2D eigenvalue weighted by atomic mass is 79.9. The van der Waals surface area contributed by atoms with Crippen molar-refractivity contribution in [1.29, 1.82) is 0 Å². The van der Waals surface area contributed by atoms with E-state index in [1.165, 1.54) is 24.4 Å². The van der Waals surface area contributed by atoms with Crippen molar-refractivity contribution < 1.29 is 9.47 Å². The van der Waals surface area contributed by atoms with Crippen molar-refractivity contribution in [3.63, 3.8) is 0 Å². The highest BCUT2D eigenvalue weighted by Gasteiger charge is 2.26. The molecule has 0 saturated heterocycles. The van der Waals surface area contributed by atoms with Crippen LogP contribution in [0.3, 0.4) is 0 Å². The summed E-state index contributed by atoms with van der Waals surface area (Å²) < 4.78 is 12.1. The van der Waals surface area contributed by atoms with E-state index in [-0.39, 0.29) is 17.8 Å². The number of nitrogens with zero attached hydrogens (tertiary/aromatic N) is 3. The van der Waals surface area contributed by atoms with E-state index in [1.54, 1.807) is 0 Å². The lowest BCUT2D eigenvalue weighted by molar-refractivity contribution is 0.195. The highest BCUT2D eigenvalue weighted by molar-refractivity contribution is 9.10. The van der Waals surface area contributed by atoms with E-state index in [9.17, 15) is 0 Å². The Labute approximate surface area is 130 Å². The van der Waals surface area contributed by atoms with Crippen LogP contribution in [0, 0.1) is 6.57 Å². The van der Waals surface area contributed by atoms with Gasteiger partial charge in [-0.05, 0) is 30.0 Å². The first kappa shape index (κ1) is 13.8. The minimum atomic E-state index is -0.0460. The van der Waals surface area contributed by atoms with Gasteiger partial charge >= 0.3 is 5.82 Å². The minimum absolute atomic E-state index is 0.0460. The largest absolute Gasteiger partial charge is 0.488 e. The van der Waals surface area contributed by atoms with Crippen LogP contribution in [0.1, 0.15) is 23.7 Å². The standard InChI is InChI=1S/C15H12BrN3O2/c1-17-14-15(20-2)19-13(8-18-14)21-12-7-6-9-10(12)4-3-5-11(9)16/h3-5,8,12H,6-7H2,2H3/t12-/m0/s1. The van der Waals surface area contributed by atoms with Crippen molar-refractivity contribution >= 4 is 21.7 Å². The SMILES string of the molecule is [C-]#[N+]c1ncc(O[C@H]2CCc3c(Br)cccc32)nc1OC. The van der Waals surface area contributed by atoms with Crippen molar-refractivity contribution in [2.75, 3.05) is 7.11 Å². The van der Waals surface area contributed by atoms with Gasteiger partial charge in [0.05, 0.1) is 7.11 Å².